The van der Waals surface area contributed by atoms with Crippen molar-refractivity contribution < 1.29 is 9.23 Å². The van der Waals surface area contributed by atoms with E-state index in [1.54, 1.807) is 18.2 Å². The Morgan fingerprint density at radius 3 is 2.55 bits per heavy atom. The van der Waals surface area contributed by atoms with Gasteiger partial charge in [-0.25, -0.2) is 10.3 Å². The molecule has 0 spiro atoms. The molecule has 1 aromatic carbocycles. The fourth-order valence-corrected chi connectivity index (χ4v) is 0.705. The van der Waals surface area contributed by atoms with Crippen molar-refractivity contribution in [2.45, 2.75) is 6.61 Å². The highest BCUT2D eigenvalue weighted by atomic mass is 35.5. The van der Waals surface area contributed by atoms with E-state index in [1.165, 1.54) is 6.07 Å². The van der Waals surface area contributed by atoms with Crippen molar-refractivity contribution in [3.05, 3.63) is 35.6 Å². The fourth-order valence-electron chi connectivity index (χ4n) is 0.705. The predicted octanol–water partition coefficient (Wildman–Crippen LogP) is 1.64. The fraction of sp³-hybridized carbons (Fsp3) is 0.143. The largest absolute Gasteiger partial charge is 0.300 e. The highest BCUT2D eigenvalue weighted by Gasteiger charge is 1.97. The van der Waals surface area contributed by atoms with Crippen LogP contribution in [0.2, 0.25) is 0 Å². The minimum absolute atomic E-state index is 0. The minimum Gasteiger partial charge on any atom is -0.300 e. The van der Waals surface area contributed by atoms with Gasteiger partial charge in [0.05, 0.1) is 6.61 Å². The zero-order chi connectivity index (χ0) is 7.40. The highest BCUT2D eigenvalue weighted by Crippen LogP contribution is 2.05. The maximum Gasteiger partial charge on any atom is 0.128 e. The SMILES string of the molecule is Cl.NOCc1ccccc1F. The van der Waals surface area contributed by atoms with Gasteiger partial charge in [-0.2, -0.15) is 0 Å². The van der Waals surface area contributed by atoms with Gasteiger partial charge >= 0.3 is 0 Å². The summed E-state index contributed by atoms with van der Waals surface area (Å²) in [6, 6.07) is 6.35. The second-order valence-electron chi connectivity index (χ2n) is 1.90. The molecule has 0 aliphatic rings. The molecule has 11 heavy (non-hydrogen) atoms. The van der Waals surface area contributed by atoms with Gasteiger partial charge in [-0.15, -0.1) is 12.4 Å². The van der Waals surface area contributed by atoms with E-state index in [0.717, 1.165) is 0 Å². The molecule has 1 rings (SSSR count). The second kappa shape index (κ2) is 5.07. The second-order valence-corrected chi connectivity index (χ2v) is 1.90. The summed E-state index contributed by atoms with van der Waals surface area (Å²) in [6.07, 6.45) is 0. The molecule has 0 atom stereocenters. The van der Waals surface area contributed by atoms with E-state index in [9.17, 15) is 4.39 Å². The van der Waals surface area contributed by atoms with Crippen molar-refractivity contribution >= 4 is 12.4 Å². The van der Waals surface area contributed by atoms with Crippen molar-refractivity contribution in [3.63, 3.8) is 0 Å². The van der Waals surface area contributed by atoms with Gasteiger partial charge in [0.1, 0.15) is 5.82 Å². The van der Waals surface area contributed by atoms with E-state index in [1.807, 2.05) is 0 Å². The lowest BCUT2D eigenvalue weighted by Gasteiger charge is -1.98. The lowest BCUT2D eigenvalue weighted by molar-refractivity contribution is 0.121. The molecular weight excluding hydrogens is 169 g/mol. The lowest BCUT2D eigenvalue weighted by atomic mass is 10.2. The molecule has 0 heterocycles. The summed E-state index contributed by atoms with van der Waals surface area (Å²) < 4.78 is 12.6. The Kier molecular flexibility index (Phi) is 4.77. The van der Waals surface area contributed by atoms with E-state index in [4.69, 9.17) is 5.90 Å². The summed E-state index contributed by atoms with van der Waals surface area (Å²) in [5.74, 6) is 4.48. The van der Waals surface area contributed by atoms with Crippen molar-refractivity contribution in [1.29, 1.82) is 0 Å². The van der Waals surface area contributed by atoms with Gasteiger partial charge < -0.3 is 0 Å². The molecule has 4 heteroatoms. The zero-order valence-electron chi connectivity index (χ0n) is 5.79. The van der Waals surface area contributed by atoms with Crippen LogP contribution in [-0.4, -0.2) is 0 Å². The van der Waals surface area contributed by atoms with Crippen molar-refractivity contribution in [2.24, 2.45) is 5.90 Å². The zero-order valence-corrected chi connectivity index (χ0v) is 6.60. The third-order valence-corrected chi connectivity index (χ3v) is 1.20. The normalized spacial score (nSPS) is 8.91. The Balaban J connectivity index is 0.000001000. The van der Waals surface area contributed by atoms with Gasteiger partial charge in [0.15, 0.2) is 0 Å². The van der Waals surface area contributed by atoms with E-state index >= 15 is 0 Å². The van der Waals surface area contributed by atoms with E-state index in [0.29, 0.717) is 5.56 Å². The predicted molar refractivity (Wildman–Crippen MR) is 42.6 cm³/mol. The molecule has 1 aromatic rings. The smallest absolute Gasteiger partial charge is 0.128 e. The van der Waals surface area contributed by atoms with Crippen molar-refractivity contribution in [1.82, 2.24) is 0 Å². The first-order valence-electron chi connectivity index (χ1n) is 2.89. The summed E-state index contributed by atoms with van der Waals surface area (Å²) in [5, 5.41) is 0. The molecule has 0 radical (unpaired) electrons. The van der Waals surface area contributed by atoms with E-state index < -0.39 is 0 Å². The molecule has 0 aliphatic carbocycles. The van der Waals surface area contributed by atoms with Crippen LogP contribution in [0.3, 0.4) is 0 Å². The standard InChI is InChI=1S/C7H8FNO.ClH/c8-7-4-2-1-3-6(7)5-10-9;/h1-4H,5,9H2;1H. The first-order valence-corrected chi connectivity index (χ1v) is 2.89. The molecule has 0 saturated heterocycles. The Labute approximate surface area is 70.5 Å². The van der Waals surface area contributed by atoms with Gasteiger partial charge in [0.25, 0.3) is 0 Å². The Hall–Kier alpha value is -0.640. The maximum atomic E-state index is 12.6. The molecule has 62 valence electrons. The molecule has 0 unspecified atom stereocenters. The number of halogens is 2. The Morgan fingerprint density at radius 1 is 1.36 bits per heavy atom. The first-order chi connectivity index (χ1) is 4.84. The number of rotatable bonds is 2. The summed E-state index contributed by atoms with van der Waals surface area (Å²) in [6.45, 7) is 0.118. The maximum absolute atomic E-state index is 12.6. The summed E-state index contributed by atoms with van der Waals surface area (Å²) in [4.78, 5) is 4.27. The number of hydrogen-bond donors (Lipinski definition) is 1. The van der Waals surface area contributed by atoms with Crippen LogP contribution in [0.15, 0.2) is 24.3 Å². The van der Waals surface area contributed by atoms with Gasteiger partial charge in [0.2, 0.25) is 0 Å². The van der Waals surface area contributed by atoms with Crippen LogP contribution in [0.4, 0.5) is 4.39 Å². The average Bonchev–Trinajstić information content (AvgIpc) is 1.94. The topological polar surface area (TPSA) is 35.2 Å². The number of hydrogen-bond acceptors (Lipinski definition) is 2. The molecule has 0 saturated carbocycles. The van der Waals surface area contributed by atoms with Crippen LogP contribution >= 0.6 is 12.4 Å². The third kappa shape index (κ3) is 2.84. The van der Waals surface area contributed by atoms with Gasteiger partial charge in [0, 0.05) is 5.56 Å². The Morgan fingerprint density at radius 2 is 2.00 bits per heavy atom. The highest BCUT2D eigenvalue weighted by molar-refractivity contribution is 5.85. The van der Waals surface area contributed by atoms with Crippen LogP contribution in [-0.2, 0) is 11.4 Å². The van der Waals surface area contributed by atoms with Crippen LogP contribution in [0, 0.1) is 5.82 Å². The van der Waals surface area contributed by atoms with Crippen LogP contribution in [0.25, 0.3) is 0 Å². The third-order valence-electron chi connectivity index (χ3n) is 1.20. The van der Waals surface area contributed by atoms with Gasteiger partial charge in [-0.3, -0.25) is 4.84 Å². The van der Waals surface area contributed by atoms with Crippen LogP contribution in [0.1, 0.15) is 5.56 Å². The quantitative estimate of drug-likeness (QED) is 0.697. The van der Waals surface area contributed by atoms with Gasteiger partial charge in [-0.1, -0.05) is 18.2 Å². The Bertz CT molecular complexity index is 219. The molecule has 2 N–H and O–H groups in total. The lowest BCUT2D eigenvalue weighted by Crippen LogP contribution is -2.00. The van der Waals surface area contributed by atoms with Gasteiger partial charge in [-0.05, 0) is 6.07 Å². The average molecular weight is 178 g/mol. The summed E-state index contributed by atoms with van der Waals surface area (Å²) in [5.41, 5.74) is 0.477. The molecule has 0 aromatic heterocycles. The minimum atomic E-state index is -0.284. The van der Waals surface area contributed by atoms with E-state index in [2.05, 4.69) is 4.84 Å². The molecule has 0 aliphatic heterocycles. The molecule has 0 amide bonds. The molecular formula is C7H9ClFNO. The van der Waals surface area contributed by atoms with Crippen LogP contribution in [0.5, 0.6) is 0 Å². The molecule has 0 fully saturated rings. The number of nitrogens with two attached hydrogens (primary N) is 1. The van der Waals surface area contributed by atoms with Crippen molar-refractivity contribution in [3.8, 4) is 0 Å². The monoisotopic (exact) mass is 177 g/mol. The first kappa shape index (κ1) is 10.4. The van der Waals surface area contributed by atoms with E-state index in [-0.39, 0.29) is 24.8 Å². The summed E-state index contributed by atoms with van der Waals surface area (Å²) >= 11 is 0. The van der Waals surface area contributed by atoms with Crippen LogP contribution < -0.4 is 5.90 Å². The van der Waals surface area contributed by atoms with Crippen molar-refractivity contribution in [2.75, 3.05) is 0 Å². The molecule has 0 bridgehead atoms. The molecule has 2 nitrogen and oxygen atoms in total. The number of benzene rings is 1. The summed E-state index contributed by atoms with van der Waals surface area (Å²) in [7, 11) is 0.